The molecule has 0 aromatic heterocycles. The Bertz CT molecular complexity index is 455. The first-order valence-electron chi connectivity index (χ1n) is 7.50. The molecule has 110 valence electrons. The highest BCUT2D eigenvalue weighted by molar-refractivity contribution is 5.99. The van der Waals surface area contributed by atoms with Gasteiger partial charge in [0.15, 0.2) is 5.78 Å². The number of rotatable bonds is 4. The number of ketones is 1. The van der Waals surface area contributed by atoms with Crippen LogP contribution in [0.1, 0.15) is 35.7 Å². The van der Waals surface area contributed by atoms with Crippen LogP contribution in [0.15, 0.2) is 24.3 Å². The van der Waals surface area contributed by atoms with Crippen LogP contribution in [-0.2, 0) is 0 Å². The van der Waals surface area contributed by atoms with E-state index in [1.54, 1.807) is 0 Å². The van der Waals surface area contributed by atoms with E-state index in [4.69, 9.17) is 0 Å². The fourth-order valence-corrected chi connectivity index (χ4v) is 2.93. The van der Waals surface area contributed by atoms with E-state index in [1.165, 1.54) is 24.9 Å². The number of carbonyl (C=O) groups is 1. The number of likely N-dealkylation sites (tertiary alicyclic amines) is 1. The van der Waals surface area contributed by atoms with E-state index in [9.17, 15) is 4.79 Å². The topological polar surface area (TPSA) is 23.6 Å². The van der Waals surface area contributed by atoms with Gasteiger partial charge in [-0.25, -0.2) is 0 Å². The monoisotopic (exact) mass is 274 g/mol. The van der Waals surface area contributed by atoms with Gasteiger partial charge in [-0.05, 0) is 47.3 Å². The molecule has 1 aromatic rings. The molecule has 20 heavy (non-hydrogen) atoms. The number of piperidine rings is 1. The molecule has 3 heteroatoms. The first-order chi connectivity index (χ1) is 9.49. The van der Waals surface area contributed by atoms with Crippen molar-refractivity contribution in [2.24, 2.45) is 0 Å². The van der Waals surface area contributed by atoms with Crippen molar-refractivity contribution >= 4 is 5.78 Å². The predicted molar refractivity (Wildman–Crippen MR) is 83.3 cm³/mol. The molecule has 0 N–H and O–H groups in total. The van der Waals surface area contributed by atoms with Crippen molar-refractivity contribution in [3.63, 3.8) is 0 Å². The summed E-state index contributed by atoms with van der Waals surface area (Å²) >= 11 is 0. The standard InChI is InChI=1S/C17H26N2O/c1-13-7-9-15(10-8-13)17(20)14(2)19(4)16-6-5-11-18(3)12-16/h7-10,14,16H,5-6,11-12H2,1-4H3. The molecule has 2 atom stereocenters. The Kier molecular flexibility index (Phi) is 4.95. The lowest BCUT2D eigenvalue weighted by atomic mass is 9.99. The van der Waals surface area contributed by atoms with Gasteiger partial charge in [-0.2, -0.15) is 0 Å². The minimum atomic E-state index is -0.0609. The third-order valence-electron chi connectivity index (χ3n) is 4.50. The summed E-state index contributed by atoms with van der Waals surface area (Å²) in [5.74, 6) is 0.223. The Morgan fingerprint density at radius 3 is 2.60 bits per heavy atom. The molecule has 1 aliphatic rings. The van der Waals surface area contributed by atoms with E-state index >= 15 is 0 Å². The van der Waals surface area contributed by atoms with Crippen LogP contribution in [0.2, 0.25) is 0 Å². The molecule has 3 nitrogen and oxygen atoms in total. The average molecular weight is 274 g/mol. The molecule has 0 spiro atoms. The molecule has 1 aromatic carbocycles. The van der Waals surface area contributed by atoms with E-state index in [1.807, 2.05) is 38.1 Å². The van der Waals surface area contributed by atoms with Crippen molar-refractivity contribution in [1.82, 2.24) is 9.80 Å². The first-order valence-corrected chi connectivity index (χ1v) is 7.50. The van der Waals surface area contributed by atoms with E-state index in [0.717, 1.165) is 12.1 Å². The Morgan fingerprint density at radius 1 is 1.35 bits per heavy atom. The van der Waals surface area contributed by atoms with Crippen molar-refractivity contribution < 1.29 is 4.79 Å². The molecule has 1 saturated heterocycles. The summed E-state index contributed by atoms with van der Waals surface area (Å²) in [6.07, 6.45) is 2.41. The first kappa shape index (κ1) is 15.2. The van der Waals surface area contributed by atoms with Gasteiger partial charge in [0.05, 0.1) is 6.04 Å². The maximum absolute atomic E-state index is 12.6. The van der Waals surface area contributed by atoms with Crippen molar-refractivity contribution in [1.29, 1.82) is 0 Å². The molecule has 1 fully saturated rings. The number of carbonyl (C=O) groups excluding carboxylic acids is 1. The predicted octanol–water partition coefficient (Wildman–Crippen LogP) is 2.59. The zero-order chi connectivity index (χ0) is 14.7. The Labute approximate surface area is 122 Å². The fourth-order valence-electron chi connectivity index (χ4n) is 2.93. The maximum atomic E-state index is 12.6. The Morgan fingerprint density at radius 2 is 2.00 bits per heavy atom. The number of aryl methyl sites for hydroxylation is 1. The van der Waals surface area contributed by atoms with Crippen LogP contribution in [0.4, 0.5) is 0 Å². The minimum Gasteiger partial charge on any atom is -0.305 e. The second-order valence-corrected chi connectivity index (χ2v) is 6.13. The molecule has 0 saturated carbocycles. The van der Waals surface area contributed by atoms with E-state index < -0.39 is 0 Å². The van der Waals surface area contributed by atoms with Crippen LogP contribution in [0, 0.1) is 6.92 Å². The minimum absolute atomic E-state index is 0.0609. The van der Waals surface area contributed by atoms with Crippen molar-refractivity contribution in [2.75, 3.05) is 27.2 Å². The highest BCUT2D eigenvalue weighted by Crippen LogP contribution is 2.18. The normalized spacial score (nSPS) is 21.9. The number of hydrogen-bond acceptors (Lipinski definition) is 3. The van der Waals surface area contributed by atoms with Gasteiger partial charge in [0.2, 0.25) is 0 Å². The molecule has 2 rings (SSSR count). The number of likely N-dealkylation sites (N-methyl/N-ethyl adjacent to an activating group) is 2. The quantitative estimate of drug-likeness (QED) is 0.789. The molecular formula is C17H26N2O. The van der Waals surface area contributed by atoms with Crippen molar-refractivity contribution in [3.8, 4) is 0 Å². The number of hydrogen-bond donors (Lipinski definition) is 0. The zero-order valence-electron chi connectivity index (χ0n) is 13.1. The van der Waals surface area contributed by atoms with Gasteiger partial charge in [-0.3, -0.25) is 9.69 Å². The van der Waals surface area contributed by atoms with E-state index in [2.05, 4.69) is 23.9 Å². The van der Waals surface area contributed by atoms with Gasteiger partial charge in [0.25, 0.3) is 0 Å². The molecule has 0 bridgehead atoms. The van der Waals surface area contributed by atoms with Gasteiger partial charge in [-0.15, -0.1) is 0 Å². The third kappa shape index (κ3) is 3.47. The van der Waals surface area contributed by atoms with Crippen molar-refractivity contribution in [3.05, 3.63) is 35.4 Å². The van der Waals surface area contributed by atoms with E-state index in [0.29, 0.717) is 6.04 Å². The van der Waals surface area contributed by atoms with Gasteiger partial charge in [0, 0.05) is 18.2 Å². The SMILES string of the molecule is Cc1ccc(C(=O)C(C)N(C)C2CCCN(C)C2)cc1. The lowest BCUT2D eigenvalue weighted by Crippen LogP contribution is -2.50. The molecule has 2 unspecified atom stereocenters. The molecule has 0 amide bonds. The largest absolute Gasteiger partial charge is 0.305 e. The zero-order valence-corrected chi connectivity index (χ0v) is 13.1. The maximum Gasteiger partial charge on any atom is 0.179 e. The summed E-state index contributed by atoms with van der Waals surface area (Å²) in [4.78, 5) is 17.2. The van der Waals surface area contributed by atoms with Gasteiger partial charge in [-0.1, -0.05) is 29.8 Å². The highest BCUT2D eigenvalue weighted by Gasteiger charge is 2.28. The average Bonchev–Trinajstić information content (AvgIpc) is 2.46. The fraction of sp³-hybridized carbons (Fsp3) is 0.588. The number of Topliss-reactive ketones (excluding diaryl/α,β-unsaturated/α-hetero) is 1. The van der Waals surface area contributed by atoms with Crippen LogP contribution >= 0.6 is 0 Å². The highest BCUT2D eigenvalue weighted by atomic mass is 16.1. The Balaban J connectivity index is 2.03. The third-order valence-corrected chi connectivity index (χ3v) is 4.50. The van der Waals surface area contributed by atoms with Crippen molar-refractivity contribution in [2.45, 2.75) is 38.8 Å². The lowest BCUT2D eigenvalue weighted by Gasteiger charge is -2.38. The molecular weight excluding hydrogens is 248 g/mol. The summed E-state index contributed by atoms with van der Waals surface area (Å²) in [7, 11) is 4.24. The van der Waals surface area contributed by atoms with Gasteiger partial charge >= 0.3 is 0 Å². The van der Waals surface area contributed by atoms with Crippen LogP contribution in [0.5, 0.6) is 0 Å². The van der Waals surface area contributed by atoms with Crippen LogP contribution in [0.3, 0.4) is 0 Å². The van der Waals surface area contributed by atoms with Gasteiger partial charge in [0.1, 0.15) is 0 Å². The van der Waals surface area contributed by atoms with Gasteiger partial charge < -0.3 is 4.90 Å². The molecule has 0 aliphatic carbocycles. The smallest absolute Gasteiger partial charge is 0.179 e. The van der Waals surface area contributed by atoms with E-state index in [-0.39, 0.29) is 11.8 Å². The molecule has 0 radical (unpaired) electrons. The summed E-state index contributed by atoms with van der Waals surface area (Å²) in [6, 6.07) is 8.32. The van der Waals surface area contributed by atoms with Crippen LogP contribution < -0.4 is 0 Å². The van der Waals surface area contributed by atoms with Crippen LogP contribution in [-0.4, -0.2) is 54.9 Å². The second-order valence-electron chi connectivity index (χ2n) is 6.13. The van der Waals surface area contributed by atoms with Crippen LogP contribution in [0.25, 0.3) is 0 Å². The molecule has 1 heterocycles. The number of benzene rings is 1. The Hall–Kier alpha value is -1.19. The summed E-state index contributed by atoms with van der Waals surface area (Å²) in [5.41, 5.74) is 2.01. The summed E-state index contributed by atoms with van der Waals surface area (Å²) < 4.78 is 0. The molecule has 1 aliphatic heterocycles. The second kappa shape index (κ2) is 6.51. The number of nitrogens with zero attached hydrogens (tertiary/aromatic N) is 2. The summed E-state index contributed by atoms with van der Waals surface area (Å²) in [6.45, 7) is 6.30. The lowest BCUT2D eigenvalue weighted by molar-refractivity contribution is 0.0709. The summed E-state index contributed by atoms with van der Waals surface area (Å²) in [5, 5.41) is 0.